The molecule has 1 aromatic heterocycles. The summed E-state index contributed by atoms with van der Waals surface area (Å²) in [5, 5.41) is 11.2. The van der Waals surface area contributed by atoms with Gasteiger partial charge in [0, 0.05) is 28.6 Å². The standard InChI is InChI=1S/C22H18F7N5O2S/c1-36-18-8-14(23)3-4-16(18)19-17(24)9-31-20(34-19)33-15-6-12(10-37(2,35)32-11-30)5-13(7-15)21(25,26)22(27,28)29/h3-9,37H,10H2,1-2H3,(H,32,35)(H,31,33,34). The molecule has 1 heterocycles. The Labute approximate surface area is 206 Å². The van der Waals surface area contributed by atoms with E-state index in [0.29, 0.717) is 18.3 Å². The molecule has 3 aromatic rings. The zero-order valence-corrected chi connectivity index (χ0v) is 19.9. The number of thiol groups is 1. The van der Waals surface area contributed by atoms with Gasteiger partial charge >= 0.3 is 12.1 Å². The van der Waals surface area contributed by atoms with Crippen LogP contribution in [0.3, 0.4) is 0 Å². The van der Waals surface area contributed by atoms with Crippen LogP contribution in [0.1, 0.15) is 11.1 Å². The number of ether oxygens (including phenoxy) is 1. The van der Waals surface area contributed by atoms with Crippen LogP contribution < -0.4 is 10.1 Å². The highest BCUT2D eigenvalue weighted by molar-refractivity contribution is 7.98. The Morgan fingerprint density at radius 1 is 1.14 bits per heavy atom. The minimum atomic E-state index is -5.93. The van der Waals surface area contributed by atoms with Crippen LogP contribution >= 0.6 is 0 Å². The zero-order valence-electron chi connectivity index (χ0n) is 19.0. The average Bonchev–Trinajstić information content (AvgIpc) is 2.79. The number of hydrogen-bond acceptors (Lipinski definition) is 6. The summed E-state index contributed by atoms with van der Waals surface area (Å²) in [6, 6.07) is 5.33. The van der Waals surface area contributed by atoms with Gasteiger partial charge < -0.3 is 14.6 Å². The summed E-state index contributed by atoms with van der Waals surface area (Å²) >= 11 is 0. The van der Waals surface area contributed by atoms with Crippen LogP contribution in [0.25, 0.3) is 11.3 Å². The molecule has 3 rings (SSSR count). The summed E-state index contributed by atoms with van der Waals surface area (Å²) < 4.78 is 114. The van der Waals surface area contributed by atoms with Crippen LogP contribution in [-0.4, -0.2) is 34.1 Å². The summed E-state index contributed by atoms with van der Waals surface area (Å²) in [5.74, 6) is -7.86. The van der Waals surface area contributed by atoms with Crippen molar-refractivity contribution in [1.29, 1.82) is 5.26 Å². The highest BCUT2D eigenvalue weighted by Crippen LogP contribution is 2.45. The lowest BCUT2D eigenvalue weighted by atomic mass is 10.0. The van der Waals surface area contributed by atoms with Crippen LogP contribution in [0.4, 0.5) is 42.4 Å². The van der Waals surface area contributed by atoms with Crippen molar-refractivity contribution >= 4 is 21.7 Å². The van der Waals surface area contributed by atoms with Crippen molar-refractivity contribution in [2.75, 3.05) is 18.7 Å². The molecule has 15 heteroatoms. The lowest BCUT2D eigenvalue weighted by molar-refractivity contribution is -0.289. The Bertz CT molecular complexity index is 1420. The minimum absolute atomic E-state index is 0.0175. The maximum atomic E-state index is 14.5. The normalized spacial score (nSPS) is 12.6. The summed E-state index contributed by atoms with van der Waals surface area (Å²) in [7, 11) is -2.15. The smallest absolute Gasteiger partial charge is 0.458 e. The van der Waals surface area contributed by atoms with Crippen molar-refractivity contribution in [2.24, 2.45) is 4.36 Å². The van der Waals surface area contributed by atoms with Gasteiger partial charge in [-0.2, -0.15) is 27.2 Å². The molecule has 2 N–H and O–H groups in total. The molecule has 7 nitrogen and oxygen atoms in total. The van der Waals surface area contributed by atoms with Gasteiger partial charge in [-0.15, -0.1) is 4.36 Å². The van der Waals surface area contributed by atoms with Crippen LogP contribution in [0.15, 0.2) is 47.0 Å². The van der Waals surface area contributed by atoms with E-state index in [4.69, 9.17) is 10.00 Å². The number of anilines is 2. The molecule has 0 aliphatic rings. The first-order valence-electron chi connectivity index (χ1n) is 10.1. The van der Waals surface area contributed by atoms with Gasteiger partial charge in [-0.1, -0.05) is 10.1 Å². The number of aromatic nitrogens is 2. The summed E-state index contributed by atoms with van der Waals surface area (Å²) in [5.41, 5.74) is -2.35. The van der Waals surface area contributed by atoms with Crippen LogP contribution in [-0.2, 0) is 21.8 Å². The highest BCUT2D eigenvalue weighted by atomic mass is 32.3. The van der Waals surface area contributed by atoms with Gasteiger partial charge in [-0.05, 0) is 42.2 Å². The third kappa shape index (κ3) is 6.33. The Balaban J connectivity index is 2.11. The summed E-state index contributed by atoms with van der Waals surface area (Å²) in [6.07, 6.45) is -2.67. The van der Waals surface area contributed by atoms with E-state index in [9.17, 15) is 35.3 Å². The van der Waals surface area contributed by atoms with Gasteiger partial charge in [0.05, 0.1) is 13.3 Å². The van der Waals surface area contributed by atoms with Crippen LogP contribution in [0.2, 0.25) is 0 Å². The number of nitriles is 1. The third-order valence-corrected chi connectivity index (χ3v) is 6.36. The van der Waals surface area contributed by atoms with Gasteiger partial charge in [-0.3, -0.25) is 0 Å². The zero-order chi connectivity index (χ0) is 27.6. The molecule has 37 heavy (non-hydrogen) atoms. The molecule has 0 fully saturated rings. The fourth-order valence-electron chi connectivity index (χ4n) is 3.28. The molecule has 0 atom stereocenters. The molecule has 2 aromatic carbocycles. The Morgan fingerprint density at radius 2 is 1.84 bits per heavy atom. The van der Waals surface area contributed by atoms with E-state index >= 15 is 0 Å². The van der Waals surface area contributed by atoms with Crippen molar-refractivity contribution in [2.45, 2.75) is 17.9 Å². The first-order chi connectivity index (χ1) is 17.2. The molecule has 198 valence electrons. The number of halogens is 7. The second-order valence-corrected chi connectivity index (χ2v) is 10.5. The van der Waals surface area contributed by atoms with Crippen molar-refractivity contribution in [3.8, 4) is 23.2 Å². The monoisotopic (exact) mass is 549 g/mol. The molecule has 0 aliphatic heterocycles. The predicted octanol–water partition coefficient (Wildman–Crippen LogP) is 5.98. The van der Waals surface area contributed by atoms with Crippen molar-refractivity contribution in [1.82, 2.24) is 9.97 Å². The maximum absolute atomic E-state index is 14.5. The summed E-state index contributed by atoms with van der Waals surface area (Å²) in [6.45, 7) is 0. The lowest BCUT2D eigenvalue weighted by Crippen LogP contribution is -2.33. The van der Waals surface area contributed by atoms with E-state index in [-0.39, 0.29) is 28.3 Å². The molecular formula is C22H18F7N5O2S. The van der Waals surface area contributed by atoms with E-state index in [1.165, 1.54) is 25.6 Å². The average molecular weight is 549 g/mol. The number of hydrogen-bond donors (Lipinski definition) is 3. The number of nitrogens with one attached hydrogen (secondary N) is 1. The van der Waals surface area contributed by atoms with E-state index in [0.717, 1.165) is 18.2 Å². The quantitative estimate of drug-likeness (QED) is 0.190. The maximum Gasteiger partial charge on any atom is 0.458 e. The Morgan fingerprint density at radius 3 is 2.46 bits per heavy atom. The molecule has 0 aliphatic carbocycles. The van der Waals surface area contributed by atoms with Gasteiger partial charge in [0.15, 0.2) is 5.82 Å². The highest BCUT2D eigenvalue weighted by Gasteiger charge is 2.58. The number of alkyl halides is 5. The molecule has 0 spiro atoms. The van der Waals surface area contributed by atoms with Gasteiger partial charge in [0.2, 0.25) is 12.1 Å². The molecule has 0 unspecified atom stereocenters. The SMILES string of the molecule is COc1cc(F)ccc1-c1nc(Nc2cc(C[SH](C)(O)=NC#N)cc(C(F)(F)C(F)(F)F)c2)ncc1F. The largest absolute Gasteiger partial charge is 0.496 e. The second kappa shape index (κ2) is 10.3. The molecule has 0 saturated heterocycles. The lowest BCUT2D eigenvalue weighted by Gasteiger charge is -2.23. The first-order valence-corrected chi connectivity index (χ1v) is 12.4. The van der Waals surface area contributed by atoms with Crippen LogP contribution in [0.5, 0.6) is 5.75 Å². The predicted molar refractivity (Wildman–Crippen MR) is 123 cm³/mol. The summed E-state index contributed by atoms with van der Waals surface area (Å²) in [4.78, 5) is 7.62. The van der Waals surface area contributed by atoms with Crippen LogP contribution in [0, 0.1) is 23.1 Å². The topological polar surface area (TPSA) is 103 Å². The van der Waals surface area contributed by atoms with E-state index < -0.39 is 51.1 Å². The van der Waals surface area contributed by atoms with E-state index in [1.807, 2.05) is 0 Å². The molecule has 0 bridgehead atoms. The molecule has 0 saturated carbocycles. The third-order valence-electron chi connectivity index (χ3n) is 4.87. The second-order valence-electron chi connectivity index (χ2n) is 7.80. The molecule has 0 radical (unpaired) electrons. The Kier molecular flexibility index (Phi) is 7.75. The van der Waals surface area contributed by atoms with Gasteiger partial charge in [0.25, 0.3) is 0 Å². The number of rotatable bonds is 7. The van der Waals surface area contributed by atoms with Crippen molar-refractivity contribution in [3.05, 3.63) is 65.4 Å². The fourth-order valence-corrected chi connectivity index (χ4v) is 4.42. The fraction of sp³-hybridized carbons (Fsp3) is 0.227. The van der Waals surface area contributed by atoms with Gasteiger partial charge in [-0.25, -0.2) is 18.7 Å². The molecule has 0 amide bonds. The number of benzene rings is 2. The van der Waals surface area contributed by atoms with E-state index in [2.05, 4.69) is 19.6 Å². The van der Waals surface area contributed by atoms with E-state index in [1.54, 1.807) is 0 Å². The Hall–Kier alpha value is -3.77. The van der Waals surface area contributed by atoms with Gasteiger partial charge in [0.1, 0.15) is 17.3 Å². The minimum Gasteiger partial charge on any atom is -0.496 e. The number of methoxy groups -OCH3 is 1. The molecular weight excluding hydrogens is 531 g/mol. The van der Waals surface area contributed by atoms with Crippen molar-refractivity contribution < 1.29 is 40.0 Å². The van der Waals surface area contributed by atoms with Crippen molar-refractivity contribution in [3.63, 3.8) is 0 Å². The number of nitrogens with zero attached hydrogens (tertiary/aromatic N) is 4. The first kappa shape index (κ1) is 27.8.